The van der Waals surface area contributed by atoms with E-state index in [-0.39, 0.29) is 0 Å². The van der Waals surface area contributed by atoms with E-state index in [9.17, 15) is 0 Å². The van der Waals surface area contributed by atoms with E-state index in [1.165, 1.54) is 5.56 Å². The average molecular weight is 210 g/mol. The summed E-state index contributed by atoms with van der Waals surface area (Å²) in [7, 11) is 0. The van der Waals surface area contributed by atoms with Crippen molar-refractivity contribution in [2.75, 3.05) is 0 Å². The summed E-state index contributed by atoms with van der Waals surface area (Å²) in [6.07, 6.45) is 6.44. The van der Waals surface area contributed by atoms with Crippen molar-refractivity contribution < 1.29 is 0 Å². The van der Waals surface area contributed by atoms with Crippen molar-refractivity contribution in [1.82, 2.24) is 9.97 Å². The maximum Gasteiger partial charge on any atom is 0.0892 e. The Labute approximate surface area is 95.7 Å². The van der Waals surface area contributed by atoms with Gasteiger partial charge in [0.2, 0.25) is 0 Å². The third-order valence-corrected chi connectivity index (χ3v) is 2.51. The monoisotopic (exact) mass is 210 g/mol. The van der Waals surface area contributed by atoms with Gasteiger partial charge in [0.05, 0.1) is 11.4 Å². The number of rotatable bonds is 3. The second-order valence-electron chi connectivity index (χ2n) is 3.58. The lowest BCUT2D eigenvalue weighted by molar-refractivity contribution is 1.11. The zero-order chi connectivity index (χ0) is 11.4. The molecule has 0 aliphatic heterocycles. The maximum atomic E-state index is 4.34. The Bertz CT molecular complexity index is 504. The van der Waals surface area contributed by atoms with Gasteiger partial charge in [-0.05, 0) is 41.8 Å². The fraction of sp³-hybridized carbons (Fsp3) is 0.143. The molecule has 0 aliphatic carbocycles. The van der Waals surface area contributed by atoms with Crippen molar-refractivity contribution in [3.63, 3.8) is 0 Å². The molecule has 2 heterocycles. The molecule has 0 saturated carbocycles. The van der Waals surface area contributed by atoms with Crippen molar-refractivity contribution >= 4 is 6.08 Å². The van der Waals surface area contributed by atoms with E-state index in [0.29, 0.717) is 0 Å². The van der Waals surface area contributed by atoms with Crippen LogP contribution < -0.4 is 0 Å². The van der Waals surface area contributed by atoms with Crippen LogP contribution in [0.2, 0.25) is 0 Å². The molecular weight excluding hydrogens is 196 g/mol. The first-order valence-electron chi connectivity index (χ1n) is 5.37. The van der Waals surface area contributed by atoms with Crippen LogP contribution in [0.25, 0.3) is 17.5 Å². The minimum Gasteiger partial charge on any atom is -0.255 e. The first-order chi connectivity index (χ1) is 7.83. The second-order valence-corrected chi connectivity index (χ2v) is 3.58. The Hall–Kier alpha value is -1.96. The highest BCUT2D eigenvalue weighted by atomic mass is 14.8. The Morgan fingerprint density at radius 2 is 1.81 bits per heavy atom. The topological polar surface area (TPSA) is 25.8 Å². The van der Waals surface area contributed by atoms with E-state index in [0.717, 1.165) is 23.4 Å². The fourth-order valence-electron chi connectivity index (χ4n) is 1.55. The summed E-state index contributed by atoms with van der Waals surface area (Å²) in [6.45, 7) is 5.88. The van der Waals surface area contributed by atoms with E-state index in [4.69, 9.17) is 0 Å². The smallest absolute Gasteiger partial charge is 0.0892 e. The normalized spacial score (nSPS) is 10.1. The molecule has 2 heteroatoms. The van der Waals surface area contributed by atoms with Crippen LogP contribution in [0.5, 0.6) is 0 Å². The summed E-state index contributed by atoms with van der Waals surface area (Å²) in [5, 5.41) is 0. The summed E-state index contributed by atoms with van der Waals surface area (Å²) in [6, 6.07) is 8.03. The molecule has 0 amide bonds. The molecule has 0 aliphatic rings. The van der Waals surface area contributed by atoms with Gasteiger partial charge in [0.15, 0.2) is 0 Å². The zero-order valence-corrected chi connectivity index (χ0v) is 9.35. The van der Waals surface area contributed by atoms with Crippen LogP contribution in [0.1, 0.15) is 18.1 Å². The van der Waals surface area contributed by atoms with E-state index >= 15 is 0 Å². The fourth-order valence-corrected chi connectivity index (χ4v) is 1.55. The van der Waals surface area contributed by atoms with Gasteiger partial charge in [0.1, 0.15) is 0 Å². The molecule has 0 aromatic carbocycles. The summed E-state index contributed by atoms with van der Waals surface area (Å²) in [5.74, 6) is 0. The summed E-state index contributed by atoms with van der Waals surface area (Å²) in [4.78, 5) is 8.66. The van der Waals surface area contributed by atoms with Crippen LogP contribution in [0, 0.1) is 0 Å². The summed E-state index contributed by atoms with van der Waals surface area (Å²) < 4.78 is 0. The predicted octanol–water partition coefficient (Wildman–Crippen LogP) is 3.35. The van der Waals surface area contributed by atoms with Gasteiger partial charge >= 0.3 is 0 Å². The Morgan fingerprint density at radius 3 is 2.50 bits per heavy atom. The Balaban J connectivity index is 2.45. The lowest BCUT2D eigenvalue weighted by Gasteiger charge is -2.03. The molecule has 0 bridgehead atoms. The molecule has 80 valence electrons. The van der Waals surface area contributed by atoms with Crippen molar-refractivity contribution in [2.45, 2.75) is 13.3 Å². The number of hydrogen-bond acceptors (Lipinski definition) is 2. The highest BCUT2D eigenvalue weighted by Crippen LogP contribution is 2.17. The van der Waals surface area contributed by atoms with Gasteiger partial charge < -0.3 is 0 Å². The number of aryl methyl sites for hydroxylation is 1. The average Bonchev–Trinajstić information content (AvgIpc) is 2.39. The number of hydrogen-bond donors (Lipinski definition) is 0. The van der Waals surface area contributed by atoms with Crippen LogP contribution in [0.15, 0.2) is 43.2 Å². The zero-order valence-electron chi connectivity index (χ0n) is 9.35. The lowest BCUT2D eigenvalue weighted by Crippen LogP contribution is -1.90. The SMILES string of the molecule is C=Cc1ccnc(-c2cc(CC)ccn2)c1. The van der Waals surface area contributed by atoms with Crippen LogP contribution in [-0.4, -0.2) is 9.97 Å². The van der Waals surface area contributed by atoms with Crippen LogP contribution in [0.3, 0.4) is 0 Å². The third kappa shape index (κ3) is 2.16. The van der Waals surface area contributed by atoms with Gasteiger partial charge in [-0.25, -0.2) is 0 Å². The van der Waals surface area contributed by atoms with E-state index in [1.807, 2.05) is 30.5 Å². The molecule has 2 aromatic rings. The van der Waals surface area contributed by atoms with Crippen molar-refractivity contribution in [1.29, 1.82) is 0 Å². The number of pyridine rings is 2. The van der Waals surface area contributed by atoms with Gasteiger partial charge in [-0.1, -0.05) is 19.6 Å². The quantitative estimate of drug-likeness (QED) is 0.776. The third-order valence-electron chi connectivity index (χ3n) is 2.51. The van der Waals surface area contributed by atoms with E-state index < -0.39 is 0 Å². The van der Waals surface area contributed by atoms with Gasteiger partial charge in [0.25, 0.3) is 0 Å². The number of aromatic nitrogens is 2. The summed E-state index contributed by atoms with van der Waals surface area (Å²) >= 11 is 0. The van der Waals surface area contributed by atoms with Crippen LogP contribution in [-0.2, 0) is 6.42 Å². The van der Waals surface area contributed by atoms with E-state index in [1.54, 1.807) is 6.20 Å². The van der Waals surface area contributed by atoms with Gasteiger partial charge in [-0.15, -0.1) is 0 Å². The molecule has 2 aromatic heterocycles. The second kappa shape index (κ2) is 4.71. The molecule has 0 spiro atoms. The molecule has 2 nitrogen and oxygen atoms in total. The van der Waals surface area contributed by atoms with Crippen molar-refractivity contribution in [2.24, 2.45) is 0 Å². The lowest BCUT2D eigenvalue weighted by atomic mass is 10.1. The summed E-state index contributed by atoms with van der Waals surface area (Å²) in [5.41, 5.74) is 4.15. The first-order valence-corrected chi connectivity index (χ1v) is 5.37. The van der Waals surface area contributed by atoms with Gasteiger partial charge in [-0.2, -0.15) is 0 Å². The van der Waals surface area contributed by atoms with E-state index in [2.05, 4.69) is 29.5 Å². The molecule has 0 saturated heterocycles. The maximum absolute atomic E-state index is 4.34. The molecule has 0 atom stereocenters. The largest absolute Gasteiger partial charge is 0.255 e. The molecule has 0 unspecified atom stereocenters. The minimum atomic E-state index is 0.896. The minimum absolute atomic E-state index is 0.896. The van der Waals surface area contributed by atoms with Crippen molar-refractivity contribution in [3.05, 3.63) is 54.4 Å². The molecular formula is C14H14N2. The molecule has 2 rings (SSSR count). The standard InChI is InChI=1S/C14H14N2/c1-3-11-5-7-15-13(9-11)14-10-12(4-2)6-8-16-14/h3,5-10H,1,4H2,2H3. The highest BCUT2D eigenvalue weighted by Gasteiger charge is 2.01. The van der Waals surface area contributed by atoms with Gasteiger partial charge in [-0.3, -0.25) is 9.97 Å². The van der Waals surface area contributed by atoms with Crippen LogP contribution >= 0.6 is 0 Å². The number of nitrogens with zero attached hydrogens (tertiary/aromatic N) is 2. The highest BCUT2D eigenvalue weighted by molar-refractivity contribution is 5.60. The molecule has 0 fully saturated rings. The van der Waals surface area contributed by atoms with Crippen molar-refractivity contribution in [3.8, 4) is 11.4 Å². The van der Waals surface area contributed by atoms with Gasteiger partial charge in [0, 0.05) is 12.4 Å². The molecule has 0 radical (unpaired) electrons. The first kappa shape index (κ1) is 10.6. The Kier molecular flexibility index (Phi) is 3.10. The van der Waals surface area contributed by atoms with Crippen LogP contribution in [0.4, 0.5) is 0 Å². The predicted molar refractivity (Wildman–Crippen MR) is 66.9 cm³/mol. The molecule has 16 heavy (non-hydrogen) atoms. The molecule has 0 N–H and O–H groups in total. The Morgan fingerprint density at radius 1 is 1.12 bits per heavy atom.